The third-order valence-corrected chi connectivity index (χ3v) is 6.31. The van der Waals surface area contributed by atoms with Crippen LogP contribution in [0.2, 0.25) is 0 Å². The van der Waals surface area contributed by atoms with Crippen LogP contribution in [-0.2, 0) is 4.79 Å². The van der Waals surface area contributed by atoms with E-state index < -0.39 is 0 Å². The lowest BCUT2D eigenvalue weighted by Crippen LogP contribution is -2.40. The molecule has 3 heterocycles. The number of hydrogen-bond donors (Lipinski definition) is 0. The highest BCUT2D eigenvalue weighted by Gasteiger charge is 2.41. The Hall–Kier alpha value is -2.07. The average Bonchev–Trinajstić information content (AvgIpc) is 3.34. The average molecular weight is 352 g/mol. The summed E-state index contributed by atoms with van der Waals surface area (Å²) in [5, 5.41) is 0. The van der Waals surface area contributed by atoms with Crippen molar-refractivity contribution in [3.63, 3.8) is 0 Å². The molecule has 1 aromatic heterocycles. The molecular weight excluding hydrogens is 324 g/mol. The number of furan rings is 1. The molecule has 1 atom stereocenters. The molecule has 2 aliphatic heterocycles. The summed E-state index contributed by atoms with van der Waals surface area (Å²) in [5.74, 6) is 1.12. The largest absolute Gasteiger partial charge is 0.469 e. The van der Waals surface area contributed by atoms with Gasteiger partial charge in [-0.05, 0) is 62.5 Å². The second kappa shape index (κ2) is 7.28. The Labute approximate surface area is 155 Å². The molecule has 2 aromatic rings. The fourth-order valence-electron chi connectivity index (χ4n) is 4.51. The van der Waals surface area contributed by atoms with E-state index in [0.717, 1.165) is 43.9 Å². The second-order valence-corrected chi connectivity index (χ2v) is 8.05. The zero-order chi connectivity index (χ0) is 18.0. The molecule has 1 unspecified atom stereocenters. The first-order valence-electron chi connectivity index (χ1n) is 9.70. The minimum absolute atomic E-state index is 0.00672. The number of benzene rings is 1. The van der Waals surface area contributed by atoms with Crippen LogP contribution in [0, 0.1) is 5.41 Å². The molecule has 1 spiro atoms. The molecule has 0 saturated carbocycles. The summed E-state index contributed by atoms with van der Waals surface area (Å²) in [6.07, 6.45) is 5.76. The Morgan fingerprint density at radius 2 is 1.81 bits per heavy atom. The fourth-order valence-corrected chi connectivity index (χ4v) is 4.51. The lowest BCUT2D eigenvalue weighted by atomic mass is 9.78. The van der Waals surface area contributed by atoms with E-state index in [0.29, 0.717) is 11.8 Å². The number of amides is 1. The van der Waals surface area contributed by atoms with Crippen LogP contribution >= 0.6 is 0 Å². The van der Waals surface area contributed by atoms with Gasteiger partial charge in [0, 0.05) is 19.5 Å². The lowest BCUT2D eigenvalue weighted by Gasteiger charge is -2.37. The lowest BCUT2D eigenvalue weighted by molar-refractivity contribution is -0.131. The van der Waals surface area contributed by atoms with E-state index in [1.54, 1.807) is 6.26 Å². The van der Waals surface area contributed by atoms with Crippen LogP contribution in [0.25, 0.3) is 0 Å². The molecule has 138 valence electrons. The molecule has 2 saturated heterocycles. The summed E-state index contributed by atoms with van der Waals surface area (Å²) in [7, 11) is 2.19. The van der Waals surface area contributed by atoms with Gasteiger partial charge in [-0.2, -0.15) is 0 Å². The molecule has 4 rings (SSSR count). The predicted octanol–water partition coefficient (Wildman–Crippen LogP) is 3.75. The Balaban J connectivity index is 1.46. The minimum Gasteiger partial charge on any atom is -0.469 e. The third kappa shape index (κ3) is 3.56. The van der Waals surface area contributed by atoms with Gasteiger partial charge in [-0.15, -0.1) is 0 Å². The van der Waals surface area contributed by atoms with Crippen LogP contribution in [-0.4, -0.2) is 48.9 Å². The van der Waals surface area contributed by atoms with E-state index in [2.05, 4.69) is 29.0 Å². The maximum absolute atomic E-state index is 13.1. The molecule has 2 aliphatic rings. The normalized spacial score (nSPS) is 21.2. The quantitative estimate of drug-likeness (QED) is 0.841. The van der Waals surface area contributed by atoms with Crippen molar-refractivity contribution in [3.05, 3.63) is 60.1 Å². The van der Waals surface area contributed by atoms with E-state index in [-0.39, 0.29) is 11.8 Å². The molecule has 0 bridgehead atoms. The summed E-state index contributed by atoms with van der Waals surface area (Å²) in [6, 6.07) is 14.1. The topological polar surface area (TPSA) is 36.7 Å². The zero-order valence-electron chi connectivity index (χ0n) is 15.6. The van der Waals surface area contributed by atoms with E-state index in [4.69, 9.17) is 4.42 Å². The molecule has 0 N–H and O–H groups in total. The molecule has 0 aliphatic carbocycles. The first-order chi connectivity index (χ1) is 12.7. The molecule has 4 heteroatoms. The van der Waals surface area contributed by atoms with Gasteiger partial charge in [0.15, 0.2) is 0 Å². The number of likely N-dealkylation sites (tertiary alicyclic amines) is 2. The minimum atomic E-state index is -0.00672. The highest BCUT2D eigenvalue weighted by molar-refractivity contribution is 5.78. The third-order valence-electron chi connectivity index (χ3n) is 6.31. The molecule has 26 heavy (non-hydrogen) atoms. The Morgan fingerprint density at radius 3 is 2.50 bits per heavy atom. The molecular formula is C22H28N2O2. The monoisotopic (exact) mass is 352 g/mol. The van der Waals surface area contributed by atoms with Gasteiger partial charge in [0.25, 0.3) is 0 Å². The number of carbonyl (C=O) groups is 1. The highest BCUT2D eigenvalue weighted by atomic mass is 16.3. The standard InChI is InChI=1S/C22H28N2O2/c1-23-12-9-22(10-13-23)11-14-24(17-22)21(25)16-19(20-8-5-15-26-20)18-6-3-2-4-7-18/h2-8,15,19H,9-14,16-17H2,1H3. The van der Waals surface area contributed by atoms with E-state index in [1.165, 1.54) is 12.8 Å². The fraction of sp³-hybridized carbons (Fsp3) is 0.500. The SMILES string of the molecule is CN1CCC2(CC1)CCN(C(=O)CC(c1ccccc1)c1ccco1)C2. The molecule has 1 amide bonds. The summed E-state index contributed by atoms with van der Waals surface area (Å²) < 4.78 is 5.66. The Kier molecular flexibility index (Phi) is 4.86. The summed E-state index contributed by atoms with van der Waals surface area (Å²) >= 11 is 0. The summed E-state index contributed by atoms with van der Waals surface area (Å²) in [4.78, 5) is 17.6. The van der Waals surface area contributed by atoms with Crippen molar-refractivity contribution < 1.29 is 9.21 Å². The maximum atomic E-state index is 13.1. The van der Waals surface area contributed by atoms with Gasteiger partial charge < -0.3 is 14.2 Å². The van der Waals surface area contributed by atoms with Crippen LogP contribution in [0.3, 0.4) is 0 Å². The van der Waals surface area contributed by atoms with Crippen molar-refractivity contribution in [1.29, 1.82) is 0 Å². The van der Waals surface area contributed by atoms with Crippen molar-refractivity contribution in [3.8, 4) is 0 Å². The van der Waals surface area contributed by atoms with Gasteiger partial charge in [-0.3, -0.25) is 4.79 Å². The number of carbonyl (C=O) groups excluding carboxylic acids is 1. The summed E-state index contributed by atoms with van der Waals surface area (Å²) in [5.41, 5.74) is 1.50. The van der Waals surface area contributed by atoms with Crippen molar-refractivity contribution in [2.45, 2.75) is 31.6 Å². The van der Waals surface area contributed by atoms with Gasteiger partial charge in [-0.1, -0.05) is 30.3 Å². The van der Waals surface area contributed by atoms with Crippen molar-refractivity contribution in [2.24, 2.45) is 5.41 Å². The molecule has 0 radical (unpaired) electrons. The van der Waals surface area contributed by atoms with Gasteiger partial charge in [0.1, 0.15) is 5.76 Å². The molecule has 2 fully saturated rings. The van der Waals surface area contributed by atoms with Crippen LogP contribution in [0.1, 0.15) is 42.9 Å². The van der Waals surface area contributed by atoms with Crippen molar-refractivity contribution in [1.82, 2.24) is 9.80 Å². The number of rotatable bonds is 4. The first kappa shape index (κ1) is 17.3. The van der Waals surface area contributed by atoms with Gasteiger partial charge in [0.2, 0.25) is 5.91 Å². The predicted molar refractivity (Wildman–Crippen MR) is 102 cm³/mol. The van der Waals surface area contributed by atoms with Crippen molar-refractivity contribution in [2.75, 3.05) is 33.2 Å². The molecule has 4 nitrogen and oxygen atoms in total. The van der Waals surface area contributed by atoms with Gasteiger partial charge in [-0.25, -0.2) is 0 Å². The number of piperidine rings is 1. The van der Waals surface area contributed by atoms with Crippen molar-refractivity contribution >= 4 is 5.91 Å². The van der Waals surface area contributed by atoms with Gasteiger partial charge >= 0.3 is 0 Å². The van der Waals surface area contributed by atoms with Gasteiger partial charge in [0.05, 0.1) is 12.2 Å². The number of nitrogens with zero attached hydrogens (tertiary/aromatic N) is 2. The maximum Gasteiger partial charge on any atom is 0.223 e. The Morgan fingerprint density at radius 1 is 1.08 bits per heavy atom. The Bertz CT molecular complexity index is 718. The highest BCUT2D eigenvalue weighted by Crippen LogP contribution is 2.41. The smallest absolute Gasteiger partial charge is 0.223 e. The van der Waals surface area contributed by atoms with Crippen LogP contribution in [0.5, 0.6) is 0 Å². The van der Waals surface area contributed by atoms with Crippen LogP contribution in [0.4, 0.5) is 0 Å². The number of hydrogen-bond acceptors (Lipinski definition) is 3. The second-order valence-electron chi connectivity index (χ2n) is 8.05. The molecule has 1 aromatic carbocycles. The van der Waals surface area contributed by atoms with Crippen LogP contribution in [0.15, 0.2) is 53.1 Å². The van der Waals surface area contributed by atoms with Crippen LogP contribution < -0.4 is 0 Å². The zero-order valence-corrected chi connectivity index (χ0v) is 15.6. The van der Waals surface area contributed by atoms with E-state index >= 15 is 0 Å². The first-order valence-corrected chi connectivity index (χ1v) is 9.70. The summed E-state index contributed by atoms with van der Waals surface area (Å²) in [6.45, 7) is 4.14. The van der Waals surface area contributed by atoms with E-state index in [1.807, 2.05) is 30.3 Å². The van der Waals surface area contributed by atoms with E-state index in [9.17, 15) is 4.79 Å².